The lowest BCUT2D eigenvalue weighted by Gasteiger charge is -2.09. The van der Waals surface area contributed by atoms with Crippen LogP contribution in [0.2, 0.25) is 10.0 Å². The number of hydrogen-bond acceptors (Lipinski definition) is 3. The zero-order valence-electron chi connectivity index (χ0n) is 11.7. The number of aromatic nitrogens is 2. The van der Waals surface area contributed by atoms with Gasteiger partial charge in [0.2, 0.25) is 0 Å². The predicted octanol–water partition coefficient (Wildman–Crippen LogP) is 5.52. The second-order valence-electron chi connectivity index (χ2n) is 4.74. The molecule has 1 aromatic carbocycles. The summed E-state index contributed by atoms with van der Waals surface area (Å²) in [7, 11) is 0. The van der Waals surface area contributed by atoms with Gasteiger partial charge in [-0.2, -0.15) is 5.10 Å². The molecule has 0 aliphatic heterocycles. The lowest BCUT2D eigenvalue weighted by atomic mass is 10.1. The van der Waals surface area contributed by atoms with Gasteiger partial charge >= 0.3 is 5.97 Å². The minimum Gasteiger partial charge on any atom is -0.476 e. The topological polar surface area (TPSA) is 55.1 Å². The Hall–Kier alpha value is -1.09. The summed E-state index contributed by atoms with van der Waals surface area (Å²) < 4.78 is 2.67. The van der Waals surface area contributed by atoms with Crippen LogP contribution in [-0.2, 0) is 0 Å². The van der Waals surface area contributed by atoms with Crippen molar-refractivity contribution in [3.63, 3.8) is 0 Å². The van der Waals surface area contributed by atoms with Gasteiger partial charge in [0.1, 0.15) is 0 Å². The van der Waals surface area contributed by atoms with Crippen molar-refractivity contribution in [1.82, 2.24) is 9.78 Å². The molecular formula is C15H9Cl2IN2O2S. The molecule has 0 fully saturated rings. The standard InChI is InChI=1S/C15H9Cl2IN2O2S/c1-7-13(15(21)22)19-20(10-3-2-8(16)6-9(10)17)14(7)11-4-5-12(18)23-11/h2-6H,1H3,(H,21,22). The van der Waals surface area contributed by atoms with Gasteiger partial charge in [-0.05, 0) is 59.8 Å². The Morgan fingerprint density at radius 2 is 2.04 bits per heavy atom. The minimum absolute atomic E-state index is 0.00873. The first-order chi connectivity index (χ1) is 10.9. The Morgan fingerprint density at radius 1 is 1.30 bits per heavy atom. The van der Waals surface area contributed by atoms with Gasteiger partial charge in [-0.3, -0.25) is 0 Å². The number of carbonyl (C=O) groups is 1. The molecule has 118 valence electrons. The number of carboxylic acids is 1. The smallest absolute Gasteiger partial charge is 0.356 e. The second-order valence-corrected chi connectivity index (χ2v) is 8.56. The Bertz CT molecular complexity index is 920. The summed E-state index contributed by atoms with van der Waals surface area (Å²) in [5.41, 5.74) is 1.92. The predicted molar refractivity (Wildman–Crippen MR) is 101 cm³/mol. The van der Waals surface area contributed by atoms with Gasteiger partial charge in [0.05, 0.1) is 24.2 Å². The molecule has 0 amide bonds. The van der Waals surface area contributed by atoms with Gasteiger partial charge in [0.25, 0.3) is 0 Å². The van der Waals surface area contributed by atoms with Gasteiger partial charge in [-0.25, -0.2) is 9.48 Å². The molecule has 0 aliphatic rings. The molecule has 2 heterocycles. The van der Waals surface area contributed by atoms with E-state index in [1.165, 1.54) is 0 Å². The quantitative estimate of drug-likeness (QED) is 0.504. The molecule has 2 aromatic heterocycles. The van der Waals surface area contributed by atoms with E-state index in [0.717, 1.165) is 13.5 Å². The number of rotatable bonds is 3. The zero-order chi connectivity index (χ0) is 16.7. The van der Waals surface area contributed by atoms with Crippen LogP contribution in [0.25, 0.3) is 16.3 Å². The van der Waals surface area contributed by atoms with Crippen LogP contribution >= 0.6 is 57.1 Å². The van der Waals surface area contributed by atoms with Crippen molar-refractivity contribution in [2.24, 2.45) is 0 Å². The number of carboxylic acid groups (broad SMARTS) is 1. The SMILES string of the molecule is Cc1c(C(=O)O)nn(-c2ccc(Cl)cc2Cl)c1-c1ccc(I)s1. The average molecular weight is 479 g/mol. The monoisotopic (exact) mass is 478 g/mol. The molecule has 1 N–H and O–H groups in total. The van der Waals surface area contributed by atoms with Gasteiger partial charge in [0.15, 0.2) is 5.69 Å². The Balaban J connectivity index is 2.31. The van der Waals surface area contributed by atoms with E-state index >= 15 is 0 Å². The van der Waals surface area contributed by atoms with Gasteiger partial charge < -0.3 is 5.11 Å². The highest BCUT2D eigenvalue weighted by molar-refractivity contribution is 14.1. The van der Waals surface area contributed by atoms with Crippen LogP contribution in [0.5, 0.6) is 0 Å². The molecular weight excluding hydrogens is 470 g/mol. The third kappa shape index (κ3) is 3.13. The Morgan fingerprint density at radius 3 is 2.61 bits per heavy atom. The summed E-state index contributed by atoms with van der Waals surface area (Å²) in [5.74, 6) is -1.07. The van der Waals surface area contributed by atoms with Gasteiger partial charge in [-0.15, -0.1) is 11.3 Å². The number of nitrogens with zero attached hydrogens (tertiary/aromatic N) is 2. The van der Waals surface area contributed by atoms with E-state index in [2.05, 4.69) is 27.7 Å². The summed E-state index contributed by atoms with van der Waals surface area (Å²) in [5, 5.41) is 14.6. The third-order valence-electron chi connectivity index (χ3n) is 3.27. The molecule has 0 saturated carbocycles. The summed E-state index contributed by atoms with van der Waals surface area (Å²) in [4.78, 5) is 12.4. The number of benzene rings is 1. The van der Waals surface area contributed by atoms with E-state index in [0.29, 0.717) is 21.3 Å². The fourth-order valence-electron chi connectivity index (χ4n) is 2.26. The summed E-state index contributed by atoms with van der Waals surface area (Å²) in [6.45, 7) is 1.75. The van der Waals surface area contributed by atoms with E-state index < -0.39 is 5.97 Å². The molecule has 0 saturated heterocycles. The molecule has 3 rings (SSSR count). The van der Waals surface area contributed by atoms with Crippen LogP contribution in [0.3, 0.4) is 0 Å². The highest BCUT2D eigenvalue weighted by atomic mass is 127. The van der Waals surface area contributed by atoms with Crippen molar-refractivity contribution in [1.29, 1.82) is 0 Å². The molecule has 0 radical (unpaired) electrons. The van der Waals surface area contributed by atoms with Crippen LogP contribution in [0, 0.1) is 9.81 Å². The van der Waals surface area contributed by atoms with Crippen molar-refractivity contribution in [2.75, 3.05) is 0 Å². The normalized spacial score (nSPS) is 11.0. The zero-order valence-corrected chi connectivity index (χ0v) is 16.2. The highest BCUT2D eigenvalue weighted by Gasteiger charge is 2.23. The molecule has 0 atom stereocenters. The Kier molecular flexibility index (Phi) is 4.68. The second kappa shape index (κ2) is 6.43. The van der Waals surface area contributed by atoms with E-state index in [-0.39, 0.29) is 5.69 Å². The van der Waals surface area contributed by atoms with Crippen LogP contribution < -0.4 is 0 Å². The maximum absolute atomic E-state index is 11.5. The lowest BCUT2D eigenvalue weighted by Crippen LogP contribution is -2.02. The van der Waals surface area contributed by atoms with Crippen LogP contribution in [-0.4, -0.2) is 20.9 Å². The first-order valence-electron chi connectivity index (χ1n) is 6.42. The number of thiophene rings is 1. The minimum atomic E-state index is -1.07. The number of halogens is 3. The Labute approximate surface area is 159 Å². The number of hydrogen-bond donors (Lipinski definition) is 1. The largest absolute Gasteiger partial charge is 0.476 e. The maximum atomic E-state index is 11.5. The molecule has 0 aliphatic carbocycles. The molecule has 0 spiro atoms. The fourth-order valence-corrected chi connectivity index (χ4v) is 4.46. The van der Waals surface area contributed by atoms with Crippen molar-refractivity contribution in [3.8, 4) is 16.3 Å². The van der Waals surface area contributed by atoms with Gasteiger partial charge in [0, 0.05) is 10.6 Å². The van der Waals surface area contributed by atoms with E-state index in [1.54, 1.807) is 41.1 Å². The molecule has 3 aromatic rings. The summed E-state index contributed by atoms with van der Waals surface area (Å²) in [6.07, 6.45) is 0. The van der Waals surface area contributed by atoms with Crippen LogP contribution in [0.4, 0.5) is 0 Å². The molecule has 23 heavy (non-hydrogen) atoms. The molecule has 8 heteroatoms. The average Bonchev–Trinajstić information content (AvgIpc) is 3.02. The van der Waals surface area contributed by atoms with E-state index in [4.69, 9.17) is 23.2 Å². The van der Waals surface area contributed by atoms with Crippen LogP contribution in [0.1, 0.15) is 16.1 Å². The fraction of sp³-hybridized carbons (Fsp3) is 0.0667. The molecule has 0 unspecified atom stereocenters. The van der Waals surface area contributed by atoms with Crippen molar-refractivity contribution in [2.45, 2.75) is 6.92 Å². The lowest BCUT2D eigenvalue weighted by molar-refractivity contribution is 0.0689. The summed E-state index contributed by atoms with van der Waals surface area (Å²) in [6, 6.07) is 8.95. The highest BCUT2D eigenvalue weighted by Crippen LogP contribution is 2.36. The molecule has 4 nitrogen and oxygen atoms in total. The van der Waals surface area contributed by atoms with Crippen molar-refractivity contribution >= 4 is 63.1 Å². The third-order valence-corrected chi connectivity index (χ3v) is 5.71. The summed E-state index contributed by atoms with van der Waals surface area (Å²) >= 11 is 16.0. The first-order valence-corrected chi connectivity index (χ1v) is 9.07. The van der Waals surface area contributed by atoms with Crippen LogP contribution in [0.15, 0.2) is 30.3 Å². The van der Waals surface area contributed by atoms with E-state index in [9.17, 15) is 9.90 Å². The molecule has 0 bridgehead atoms. The number of aromatic carboxylic acids is 1. The maximum Gasteiger partial charge on any atom is 0.356 e. The first kappa shape index (κ1) is 16.8. The van der Waals surface area contributed by atoms with E-state index in [1.807, 2.05) is 12.1 Å². The van der Waals surface area contributed by atoms with Gasteiger partial charge in [-0.1, -0.05) is 23.2 Å². The van der Waals surface area contributed by atoms with Crippen molar-refractivity contribution < 1.29 is 9.90 Å². The van der Waals surface area contributed by atoms with Crippen molar-refractivity contribution in [3.05, 3.63) is 54.5 Å².